The Balaban J connectivity index is 2.31. The van der Waals surface area contributed by atoms with Crippen molar-refractivity contribution in [3.05, 3.63) is 68.7 Å². The molecule has 0 bridgehead atoms. The molecule has 0 saturated carbocycles. The third kappa shape index (κ3) is 6.43. The van der Waals surface area contributed by atoms with Gasteiger partial charge in [0.05, 0.1) is 21.3 Å². The molecule has 2 rings (SSSR count). The number of non-ortho nitro benzene ring substituents is 1. The monoisotopic (exact) mass is 454 g/mol. The van der Waals surface area contributed by atoms with Crippen molar-refractivity contribution in [2.45, 2.75) is 27.3 Å². The number of amides is 1. The van der Waals surface area contributed by atoms with E-state index < -0.39 is 15.0 Å². The lowest BCUT2D eigenvalue weighted by atomic mass is 10.1. The van der Waals surface area contributed by atoms with E-state index >= 15 is 0 Å². The summed E-state index contributed by atoms with van der Waals surface area (Å²) >= 11 is 6.13. The molecule has 0 atom stereocenters. The van der Waals surface area contributed by atoms with Crippen molar-refractivity contribution in [1.82, 2.24) is 4.90 Å². The molecule has 8 nitrogen and oxygen atoms in total. The van der Waals surface area contributed by atoms with Gasteiger partial charge < -0.3 is 9.08 Å². The summed E-state index contributed by atoms with van der Waals surface area (Å²) in [4.78, 5) is 25.0. The van der Waals surface area contributed by atoms with Gasteiger partial charge in [-0.05, 0) is 36.6 Å². The molecule has 0 heterocycles. The molecule has 0 unspecified atom stereocenters. The van der Waals surface area contributed by atoms with Crippen LogP contribution in [0.5, 0.6) is 5.75 Å². The normalized spacial score (nSPS) is 11.4. The Kier molecular flexibility index (Phi) is 7.80. The zero-order valence-electron chi connectivity index (χ0n) is 16.9. The van der Waals surface area contributed by atoms with E-state index in [9.17, 15) is 23.3 Å². The number of rotatable bonds is 9. The maximum atomic E-state index is 13.1. The SMILES string of the molecule is CCS(=O)(=O)Oc1cccc(CN(CC(C)C)C(=O)c2ccc([N+](=O)[O-])cc2Cl)c1. The van der Waals surface area contributed by atoms with E-state index in [1.807, 2.05) is 13.8 Å². The Labute approximate surface area is 180 Å². The molecule has 10 heteroatoms. The van der Waals surface area contributed by atoms with Gasteiger partial charge in [0, 0.05) is 25.2 Å². The largest absolute Gasteiger partial charge is 0.382 e. The van der Waals surface area contributed by atoms with Crippen LogP contribution in [0.3, 0.4) is 0 Å². The predicted octanol–water partition coefficient (Wildman–Crippen LogP) is 4.28. The molecule has 0 saturated heterocycles. The number of hydrogen-bond donors (Lipinski definition) is 0. The van der Waals surface area contributed by atoms with Crippen LogP contribution in [0.25, 0.3) is 0 Å². The molecule has 2 aromatic rings. The second kappa shape index (κ2) is 9.90. The minimum absolute atomic E-state index is 0.00548. The Morgan fingerprint density at radius 1 is 1.23 bits per heavy atom. The summed E-state index contributed by atoms with van der Waals surface area (Å²) in [7, 11) is -3.67. The van der Waals surface area contributed by atoms with E-state index in [1.54, 1.807) is 23.1 Å². The van der Waals surface area contributed by atoms with Gasteiger partial charge in [0.1, 0.15) is 5.75 Å². The molecule has 0 N–H and O–H groups in total. The number of nitro benzene ring substituents is 1. The fourth-order valence-corrected chi connectivity index (χ4v) is 3.51. The van der Waals surface area contributed by atoms with Crippen molar-refractivity contribution >= 4 is 33.3 Å². The van der Waals surface area contributed by atoms with Crippen LogP contribution in [0.15, 0.2) is 42.5 Å². The van der Waals surface area contributed by atoms with Crippen LogP contribution in [0.1, 0.15) is 36.7 Å². The molecular formula is C20H23ClN2O6S. The minimum Gasteiger partial charge on any atom is -0.382 e. The molecule has 0 aliphatic carbocycles. The highest BCUT2D eigenvalue weighted by Gasteiger charge is 2.22. The molecule has 0 aliphatic heterocycles. The van der Waals surface area contributed by atoms with Gasteiger partial charge in [0.25, 0.3) is 11.6 Å². The predicted molar refractivity (Wildman–Crippen MR) is 114 cm³/mol. The Morgan fingerprint density at radius 2 is 1.93 bits per heavy atom. The first-order valence-electron chi connectivity index (χ1n) is 9.26. The first-order valence-corrected chi connectivity index (χ1v) is 11.2. The molecule has 0 aliphatic rings. The zero-order chi connectivity index (χ0) is 22.5. The van der Waals surface area contributed by atoms with Crippen molar-refractivity contribution < 1.29 is 22.3 Å². The molecule has 30 heavy (non-hydrogen) atoms. The maximum Gasteiger partial charge on any atom is 0.308 e. The van der Waals surface area contributed by atoms with E-state index in [0.29, 0.717) is 12.1 Å². The summed E-state index contributed by atoms with van der Waals surface area (Å²) in [5.74, 6) is -0.227. The molecule has 0 spiro atoms. The van der Waals surface area contributed by atoms with Crippen LogP contribution in [0, 0.1) is 16.0 Å². The van der Waals surface area contributed by atoms with Crippen LogP contribution in [0.4, 0.5) is 5.69 Å². The van der Waals surface area contributed by atoms with Crippen LogP contribution in [0.2, 0.25) is 5.02 Å². The number of nitrogens with zero attached hydrogens (tertiary/aromatic N) is 2. The lowest BCUT2D eigenvalue weighted by Crippen LogP contribution is -2.34. The molecule has 0 radical (unpaired) electrons. The van der Waals surface area contributed by atoms with Crippen LogP contribution >= 0.6 is 11.6 Å². The number of carbonyl (C=O) groups is 1. The van der Waals surface area contributed by atoms with Crippen molar-refractivity contribution in [3.8, 4) is 5.75 Å². The van der Waals surface area contributed by atoms with Gasteiger partial charge in [-0.2, -0.15) is 8.42 Å². The van der Waals surface area contributed by atoms with Crippen LogP contribution in [-0.2, 0) is 16.7 Å². The smallest absolute Gasteiger partial charge is 0.308 e. The average molecular weight is 455 g/mol. The van der Waals surface area contributed by atoms with Crippen LogP contribution < -0.4 is 4.18 Å². The standard InChI is InChI=1S/C20H23ClN2O6S/c1-4-30(27,28)29-17-7-5-6-15(10-17)13-22(12-14(2)3)20(24)18-9-8-16(23(25)26)11-19(18)21/h5-11,14H,4,12-13H2,1-3H3. The fraction of sp³-hybridized carbons (Fsp3) is 0.350. The third-order valence-corrected chi connectivity index (χ3v) is 5.58. The lowest BCUT2D eigenvalue weighted by Gasteiger charge is -2.25. The molecule has 2 aromatic carbocycles. The van der Waals surface area contributed by atoms with Gasteiger partial charge in [-0.1, -0.05) is 37.6 Å². The Bertz CT molecular complexity index is 1040. The molecule has 162 valence electrons. The Hall–Kier alpha value is -2.65. The number of benzene rings is 2. The summed E-state index contributed by atoms with van der Waals surface area (Å²) in [5.41, 5.74) is 0.628. The highest BCUT2D eigenvalue weighted by atomic mass is 35.5. The zero-order valence-corrected chi connectivity index (χ0v) is 18.4. The quantitative estimate of drug-likeness (QED) is 0.318. The highest BCUT2D eigenvalue weighted by molar-refractivity contribution is 7.87. The second-order valence-electron chi connectivity index (χ2n) is 7.08. The first-order chi connectivity index (χ1) is 14.0. The topological polar surface area (TPSA) is 107 Å². The summed E-state index contributed by atoms with van der Waals surface area (Å²) < 4.78 is 28.4. The van der Waals surface area contributed by atoms with Crippen LogP contribution in [-0.4, -0.2) is 36.4 Å². The van der Waals surface area contributed by atoms with Gasteiger partial charge in [0.15, 0.2) is 0 Å². The number of carbonyl (C=O) groups excluding carboxylic acids is 1. The van der Waals surface area contributed by atoms with Crippen molar-refractivity contribution in [3.63, 3.8) is 0 Å². The maximum absolute atomic E-state index is 13.1. The third-order valence-electron chi connectivity index (χ3n) is 4.12. The van der Waals surface area contributed by atoms with E-state index in [0.717, 1.165) is 6.07 Å². The van der Waals surface area contributed by atoms with E-state index in [-0.39, 0.29) is 46.1 Å². The molecule has 0 aromatic heterocycles. The lowest BCUT2D eigenvalue weighted by molar-refractivity contribution is -0.384. The van der Waals surface area contributed by atoms with Gasteiger partial charge in [-0.3, -0.25) is 14.9 Å². The minimum atomic E-state index is -3.67. The number of halogens is 1. The second-order valence-corrected chi connectivity index (χ2v) is 9.34. The summed E-state index contributed by atoms with van der Waals surface area (Å²) in [6.07, 6.45) is 0. The van der Waals surface area contributed by atoms with E-state index in [4.69, 9.17) is 15.8 Å². The van der Waals surface area contributed by atoms with Crippen molar-refractivity contribution in [1.29, 1.82) is 0 Å². The van der Waals surface area contributed by atoms with Gasteiger partial charge >= 0.3 is 10.1 Å². The van der Waals surface area contributed by atoms with E-state index in [1.165, 1.54) is 25.1 Å². The van der Waals surface area contributed by atoms with Crippen molar-refractivity contribution in [2.24, 2.45) is 5.92 Å². The van der Waals surface area contributed by atoms with Gasteiger partial charge in [-0.25, -0.2) is 0 Å². The summed E-state index contributed by atoms with van der Waals surface area (Å²) in [6.45, 7) is 5.98. The summed E-state index contributed by atoms with van der Waals surface area (Å²) in [6, 6.07) is 10.2. The van der Waals surface area contributed by atoms with E-state index in [2.05, 4.69) is 0 Å². The Morgan fingerprint density at radius 3 is 2.50 bits per heavy atom. The number of hydrogen-bond acceptors (Lipinski definition) is 6. The molecule has 0 fully saturated rings. The van der Waals surface area contributed by atoms with Gasteiger partial charge in [-0.15, -0.1) is 0 Å². The fourth-order valence-electron chi connectivity index (χ4n) is 2.74. The summed E-state index contributed by atoms with van der Waals surface area (Å²) in [5, 5.41) is 10.9. The molecule has 1 amide bonds. The number of nitro groups is 1. The molecular weight excluding hydrogens is 432 g/mol. The van der Waals surface area contributed by atoms with Gasteiger partial charge in [0.2, 0.25) is 0 Å². The average Bonchev–Trinajstić information content (AvgIpc) is 2.66. The van der Waals surface area contributed by atoms with Crippen molar-refractivity contribution in [2.75, 3.05) is 12.3 Å². The first kappa shape index (κ1) is 23.6. The highest BCUT2D eigenvalue weighted by Crippen LogP contribution is 2.25.